The van der Waals surface area contributed by atoms with Crippen LogP contribution in [0.4, 0.5) is 0 Å². The maximum atomic E-state index is 11.1. The number of ether oxygens (including phenoxy) is 1. The zero-order valence-corrected chi connectivity index (χ0v) is 17.2. The van der Waals surface area contributed by atoms with Gasteiger partial charge in [0.1, 0.15) is 9.84 Å². The lowest BCUT2D eigenvalue weighted by Gasteiger charge is -2.40. The topological polar surface area (TPSA) is 83.0 Å². The van der Waals surface area contributed by atoms with Gasteiger partial charge in [-0.05, 0) is 32.2 Å². The first kappa shape index (κ1) is 21.4. The second-order valence-electron chi connectivity index (χ2n) is 7.51. The van der Waals surface area contributed by atoms with Gasteiger partial charge in [-0.25, -0.2) is 8.42 Å². The third kappa shape index (κ3) is 8.22. The van der Waals surface area contributed by atoms with Gasteiger partial charge < -0.3 is 15.4 Å². The number of piperidine rings is 1. The average molecular weight is 389 g/mol. The van der Waals surface area contributed by atoms with Crippen molar-refractivity contribution in [1.82, 2.24) is 15.5 Å². The first-order valence-electron chi connectivity index (χ1n) is 9.94. The highest BCUT2D eigenvalue weighted by Crippen LogP contribution is 2.25. The molecule has 26 heavy (non-hydrogen) atoms. The molecule has 1 aliphatic heterocycles. The number of hydrogen-bond acceptors (Lipinski definition) is 5. The van der Waals surface area contributed by atoms with Gasteiger partial charge in [0.25, 0.3) is 0 Å². The first-order valence-corrected chi connectivity index (χ1v) is 12.0. The summed E-state index contributed by atoms with van der Waals surface area (Å²) in [5.74, 6) is 0.867. The molecule has 8 heteroatoms. The van der Waals surface area contributed by atoms with Crippen LogP contribution in [0, 0.1) is 0 Å². The Bertz CT molecular complexity index is 533. The quantitative estimate of drug-likeness (QED) is 0.367. The van der Waals surface area contributed by atoms with Crippen molar-refractivity contribution in [3.63, 3.8) is 0 Å². The van der Waals surface area contributed by atoms with Crippen molar-refractivity contribution < 1.29 is 13.2 Å². The Labute approximate surface area is 158 Å². The predicted octanol–water partition coefficient (Wildman–Crippen LogP) is 1.01. The molecular weight excluding hydrogens is 352 g/mol. The number of nitrogens with zero attached hydrogens (tertiary/aromatic N) is 2. The van der Waals surface area contributed by atoms with Crippen molar-refractivity contribution >= 4 is 15.8 Å². The minimum absolute atomic E-state index is 0.0685. The molecule has 1 unspecified atom stereocenters. The Morgan fingerprint density at radius 1 is 1.15 bits per heavy atom. The molecule has 1 atom stereocenters. The van der Waals surface area contributed by atoms with E-state index >= 15 is 0 Å². The molecule has 2 rings (SSSR count). The fourth-order valence-corrected chi connectivity index (χ4v) is 4.26. The van der Waals surface area contributed by atoms with Crippen molar-refractivity contribution in [3.8, 4) is 0 Å². The number of rotatable bonds is 8. The SMILES string of the molecule is CN=C(NCCOCCS(C)(=O)=O)NC1CCCN(C2CCCCC2)C1. The third-order valence-corrected chi connectivity index (χ3v) is 6.15. The number of sulfone groups is 1. The molecule has 0 bridgehead atoms. The normalized spacial score (nSPS) is 23.8. The minimum Gasteiger partial charge on any atom is -0.379 e. The van der Waals surface area contributed by atoms with E-state index in [1.807, 2.05) is 0 Å². The van der Waals surface area contributed by atoms with Gasteiger partial charge in [0.15, 0.2) is 5.96 Å². The fraction of sp³-hybridized carbons (Fsp3) is 0.944. The van der Waals surface area contributed by atoms with Crippen LogP contribution in [0.15, 0.2) is 4.99 Å². The highest BCUT2D eigenvalue weighted by molar-refractivity contribution is 7.90. The van der Waals surface area contributed by atoms with Crippen LogP contribution < -0.4 is 10.6 Å². The summed E-state index contributed by atoms with van der Waals surface area (Å²) in [5.41, 5.74) is 0. The van der Waals surface area contributed by atoms with Gasteiger partial charge in [0.2, 0.25) is 0 Å². The maximum absolute atomic E-state index is 11.1. The number of guanidine groups is 1. The highest BCUT2D eigenvalue weighted by Gasteiger charge is 2.27. The molecule has 152 valence electrons. The number of aliphatic imine (C=N–C) groups is 1. The van der Waals surface area contributed by atoms with Crippen LogP contribution in [-0.2, 0) is 14.6 Å². The molecule has 1 heterocycles. The molecule has 0 spiro atoms. The first-order chi connectivity index (χ1) is 12.5. The lowest BCUT2D eigenvalue weighted by Crippen LogP contribution is -2.53. The molecule has 0 amide bonds. The molecule has 0 aromatic heterocycles. The van der Waals surface area contributed by atoms with E-state index < -0.39 is 9.84 Å². The predicted molar refractivity (Wildman–Crippen MR) is 106 cm³/mol. The fourth-order valence-electron chi connectivity index (χ4n) is 3.84. The monoisotopic (exact) mass is 388 g/mol. The number of likely N-dealkylation sites (tertiary alicyclic amines) is 1. The van der Waals surface area contributed by atoms with E-state index in [0.29, 0.717) is 19.2 Å². The Morgan fingerprint density at radius 3 is 2.62 bits per heavy atom. The van der Waals surface area contributed by atoms with Gasteiger partial charge in [-0.1, -0.05) is 19.3 Å². The number of hydrogen-bond donors (Lipinski definition) is 2. The summed E-state index contributed by atoms with van der Waals surface area (Å²) >= 11 is 0. The van der Waals surface area contributed by atoms with E-state index in [1.165, 1.54) is 57.7 Å². The zero-order valence-electron chi connectivity index (χ0n) is 16.4. The molecular formula is C18H36N4O3S. The Balaban J connectivity index is 1.65. The van der Waals surface area contributed by atoms with Crippen molar-refractivity contribution in [2.24, 2.45) is 4.99 Å². The van der Waals surface area contributed by atoms with Gasteiger partial charge in [-0.15, -0.1) is 0 Å². The van der Waals surface area contributed by atoms with Crippen LogP contribution in [0.25, 0.3) is 0 Å². The van der Waals surface area contributed by atoms with Crippen molar-refractivity contribution in [2.45, 2.75) is 57.0 Å². The van der Waals surface area contributed by atoms with Crippen LogP contribution in [0.2, 0.25) is 0 Å². The maximum Gasteiger partial charge on any atom is 0.191 e. The summed E-state index contributed by atoms with van der Waals surface area (Å²) in [5, 5.41) is 6.79. The van der Waals surface area contributed by atoms with Crippen molar-refractivity contribution in [2.75, 3.05) is 51.9 Å². The molecule has 1 saturated heterocycles. The highest BCUT2D eigenvalue weighted by atomic mass is 32.2. The Kier molecular flexibility index (Phi) is 9.15. The van der Waals surface area contributed by atoms with E-state index in [2.05, 4.69) is 20.5 Å². The molecule has 0 aromatic rings. The molecule has 2 N–H and O–H groups in total. The van der Waals surface area contributed by atoms with E-state index in [0.717, 1.165) is 18.5 Å². The summed E-state index contributed by atoms with van der Waals surface area (Å²) in [6, 6.07) is 1.20. The summed E-state index contributed by atoms with van der Waals surface area (Å²) in [4.78, 5) is 6.97. The van der Waals surface area contributed by atoms with E-state index in [-0.39, 0.29) is 12.4 Å². The summed E-state index contributed by atoms with van der Waals surface area (Å²) in [7, 11) is -1.17. The van der Waals surface area contributed by atoms with Crippen LogP contribution in [0.1, 0.15) is 44.9 Å². The smallest absolute Gasteiger partial charge is 0.191 e. The lowest BCUT2D eigenvalue weighted by atomic mass is 9.92. The van der Waals surface area contributed by atoms with Gasteiger partial charge in [-0.2, -0.15) is 0 Å². The molecule has 1 saturated carbocycles. The largest absolute Gasteiger partial charge is 0.379 e. The second kappa shape index (κ2) is 11.1. The molecule has 0 aromatic carbocycles. The minimum atomic E-state index is -2.95. The van der Waals surface area contributed by atoms with Gasteiger partial charge in [0.05, 0.1) is 19.0 Å². The molecule has 2 aliphatic rings. The van der Waals surface area contributed by atoms with Gasteiger partial charge >= 0.3 is 0 Å². The third-order valence-electron chi connectivity index (χ3n) is 5.25. The average Bonchev–Trinajstić information content (AvgIpc) is 2.63. The Hall–Kier alpha value is -0.860. The Morgan fingerprint density at radius 2 is 1.92 bits per heavy atom. The van der Waals surface area contributed by atoms with Gasteiger partial charge in [-0.3, -0.25) is 9.89 Å². The van der Waals surface area contributed by atoms with E-state index in [1.54, 1.807) is 7.05 Å². The van der Waals surface area contributed by atoms with Crippen molar-refractivity contribution in [3.05, 3.63) is 0 Å². The van der Waals surface area contributed by atoms with Gasteiger partial charge in [0, 0.05) is 38.5 Å². The molecule has 0 radical (unpaired) electrons. The second-order valence-corrected chi connectivity index (χ2v) is 9.77. The van der Waals surface area contributed by atoms with Crippen LogP contribution in [-0.4, -0.2) is 83.3 Å². The molecule has 7 nitrogen and oxygen atoms in total. The summed E-state index contributed by atoms with van der Waals surface area (Å²) in [6.45, 7) is 3.64. The van der Waals surface area contributed by atoms with E-state index in [9.17, 15) is 8.42 Å². The number of nitrogens with one attached hydrogen (secondary N) is 2. The molecule has 2 fully saturated rings. The lowest BCUT2D eigenvalue weighted by molar-refractivity contribution is 0.115. The zero-order chi connectivity index (χ0) is 18.8. The summed E-state index contributed by atoms with van der Waals surface area (Å²) < 4.78 is 27.5. The molecule has 1 aliphatic carbocycles. The van der Waals surface area contributed by atoms with Crippen LogP contribution >= 0.6 is 0 Å². The van der Waals surface area contributed by atoms with Crippen LogP contribution in [0.5, 0.6) is 0 Å². The standard InChI is InChI=1S/C18H36N4O3S/c1-19-18(20-10-12-25-13-14-26(2,23)24)21-16-7-6-11-22(15-16)17-8-4-3-5-9-17/h16-17H,3-15H2,1-2H3,(H2,19,20,21). The summed E-state index contributed by atoms with van der Waals surface area (Å²) in [6.07, 6.45) is 10.5. The van der Waals surface area contributed by atoms with Crippen molar-refractivity contribution in [1.29, 1.82) is 0 Å². The van der Waals surface area contributed by atoms with E-state index in [4.69, 9.17) is 4.74 Å². The van der Waals surface area contributed by atoms with Crippen LogP contribution in [0.3, 0.4) is 0 Å².